The number of para-hydroxylation sites is 1. The van der Waals surface area contributed by atoms with E-state index in [-0.39, 0.29) is 49.0 Å². The predicted octanol–water partition coefficient (Wildman–Crippen LogP) is 2.03. The summed E-state index contributed by atoms with van der Waals surface area (Å²) in [5.41, 5.74) is 0.340. The number of hydrogen-bond acceptors (Lipinski definition) is 6. The molecule has 0 atom stereocenters. The summed E-state index contributed by atoms with van der Waals surface area (Å²) in [7, 11) is -7.36. The molecule has 2 aromatic rings. The number of ether oxygens (including phenoxy) is 1. The van der Waals surface area contributed by atoms with Crippen LogP contribution in [-0.4, -0.2) is 66.2 Å². The van der Waals surface area contributed by atoms with E-state index in [1.54, 1.807) is 0 Å². The van der Waals surface area contributed by atoms with Gasteiger partial charge in [-0.05, 0) is 42.8 Å². The molecule has 180 valence electrons. The summed E-state index contributed by atoms with van der Waals surface area (Å²) in [5.74, 6) is -1.04. The highest BCUT2D eigenvalue weighted by atomic mass is 32.2. The molecule has 33 heavy (non-hydrogen) atoms. The van der Waals surface area contributed by atoms with Crippen LogP contribution in [0.25, 0.3) is 0 Å². The summed E-state index contributed by atoms with van der Waals surface area (Å²) in [6.07, 6.45) is 1.14. The van der Waals surface area contributed by atoms with Gasteiger partial charge in [0.2, 0.25) is 26.0 Å². The number of hydrogen-bond donors (Lipinski definition) is 1. The second kappa shape index (κ2) is 10.6. The van der Waals surface area contributed by atoms with Gasteiger partial charge in [-0.1, -0.05) is 12.1 Å². The number of morpholine rings is 1. The van der Waals surface area contributed by atoms with Crippen LogP contribution in [0.15, 0.2) is 53.4 Å². The largest absolute Gasteiger partial charge is 0.379 e. The number of nitrogens with zero attached hydrogens (tertiary/aromatic N) is 2. The molecule has 3 rings (SSSR count). The molecule has 0 saturated carbocycles. The van der Waals surface area contributed by atoms with Crippen molar-refractivity contribution in [2.45, 2.75) is 17.7 Å². The highest BCUT2D eigenvalue weighted by Gasteiger charge is 2.26. The third-order valence-corrected chi connectivity index (χ3v) is 8.13. The van der Waals surface area contributed by atoms with Crippen molar-refractivity contribution in [2.24, 2.45) is 0 Å². The van der Waals surface area contributed by atoms with E-state index in [4.69, 9.17) is 4.74 Å². The van der Waals surface area contributed by atoms with Gasteiger partial charge in [0.1, 0.15) is 5.82 Å². The van der Waals surface area contributed by atoms with E-state index in [0.29, 0.717) is 18.9 Å². The predicted molar refractivity (Wildman–Crippen MR) is 122 cm³/mol. The van der Waals surface area contributed by atoms with Crippen molar-refractivity contribution in [3.8, 4) is 0 Å². The first kappa shape index (κ1) is 25.1. The molecule has 0 bridgehead atoms. The molecule has 0 radical (unpaired) electrons. The number of sulfonamides is 2. The molecule has 1 fully saturated rings. The molecular formula is C21H26FN3O6S2. The van der Waals surface area contributed by atoms with E-state index in [0.717, 1.165) is 10.6 Å². The van der Waals surface area contributed by atoms with Crippen LogP contribution >= 0.6 is 0 Å². The number of nitrogens with one attached hydrogen (secondary N) is 1. The molecule has 0 unspecified atom stereocenters. The Morgan fingerprint density at radius 1 is 1.06 bits per heavy atom. The lowest BCUT2D eigenvalue weighted by Gasteiger charge is -2.26. The highest BCUT2D eigenvalue weighted by Crippen LogP contribution is 2.22. The fourth-order valence-electron chi connectivity index (χ4n) is 3.37. The van der Waals surface area contributed by atoms with Crippen LogP contribution < -0.4 is 9.62 Å². The van der Waals surface area contributed by atoms with E-state index < -0.39 is 25.9 Å². The van der Waals surface area contributed by atoms with Gasteiger partial charge in [0.05, 0.1) is 30.1 Å². The van der Waals surface area contributed by atoms with Crippen molar-refractivity contribution in [3.05, 3.63) is 54.3 Å². The first-order valence-corrected chi connectivity index (χ1v) is 13.6. The lowest BCUT2D eigenvalue weighted by molar-refractivity contribution is -0.116. The van der Waals surface area contributed by atoms with Gasteiger partial charge in [-0.3, -0.25) is 9.10 Å². The van der Waals surface area contributed by atoms with Crippen LogP contribution in [0, 0.1) is 5.82 Å². The number of amides is 1. The minimum Gasteiger partial charge on any atom is -0.379 e. The Morgan fingerprint density at radius 2 is 1.70 bits per heavy atom. The van der Waals surface area contributed by atoms with Crippen LogP contribution in [-0.2, 0) is 29.6 Å². The molecule has 1 N–H and O–H groups in total. The maximum absolute atomic E-state index is 14.0. The van der Waals surface area contributed by atoms with E-state index in [1.165, 1.54) is 52.8 Å². The van der Waals surface area contributed by atoms with Crippen molar-refractivity contribution in [3.63, 3.8) is 0 Å². The minimum atomic E-state index is -3.73. The number of carbonyl (C=O) groups excluding carboxylic acids is 1. The van der Waals surface area contributed by atoms with Gasteiger partial charge in [0.25, 0.3) is 0 Å². The Balaban J connectivity index is 1.57. The fraction of sp³-hybridized carbons (Fsp3) is 0.381. The quantitative estimate of drug-likeness (QED) is 0.565. The molecule has 1 amide bonds. The standard InChI is InChI=1S/C21H26FN3O6S2/c1-32(27,28)25(20-6-3-2-5-19(20)22)12-4-7-21(26)23-17-8-10-18(11-9-17)33(29,30)24-13-15-31-16-14-24/h2-3,5-6,8-11H,4,7,12-16H2,1H3,(H,23,26). The summed E-state index contributed by atoms with van der Waals surface area (Å²) in [5, 5.41) is 2.65. The summed E-state index contributed by atoms with van der Waals surface area (Å²) >= 11 is 0. The van der Waals surface area contributed by atoms with Crippen LogP contribution in [0.4, 0.5) is 15.8 Å². The van der Waals surface area contributed by atoms with Gasteiger partial charge in [-0.25, -0.2) is 21.2 Å². The maximum atomic E-state index is 14.0. The third kappa shape index (κ3) is 6.50. The highest BCUT2D eigenvalue weighted by molar-refractivity contribution is 7.92. The number of halogens is 1. The Hall–Kier alpha value is -2.54. The van der Waals surface area contributed by atoms with E-state index in [9.17, 15) is 26.0 Å². The second-order valence-electron chi connectivity index (χ2n) is 7.48. The van der Waals surface area contributed by atoms with Crippen molar-refractivity contribution in [1.29, 1.82) is 0 Å². The van der Waals surface area contributed by atoms with Gasteiger partial charge in [-0.2, -0.15) is 4.31 Å². The number of carbonyl (C=O) groups is 1. The van der Waals surface area contributed by atoms with Crippen LogP contribution in [0.2, 0.25) is 0 Å². The number of anilines is 2. The van der Waals surface area contributed by atoms with E-state index >= 15 is 0 Å². The monoisotopic (exact) mass is 499 g/mol. The maximum Gasteiger partial charge on any atom is 0.243 e. The molecular weight excluding hydrogens is 473 g/mol. The van der Waals surface area contributed by atoms with Crippen LogP contribution in [0.1, 0.15) is 12.8 Å². The summed E-state index contributed by atoms with van der Waals surface area (Å²) in [4.78, 5) is 12.4. The Bertz CT molecular complexity index is 1180. The van der Waals surface area contributed by atoms with Crippen LogP contribution in [0.3, 0.4) is 0 Å². The average Bonchev–Trinajstić information content (AvgIpc) is 2.78. The molecule has 0 aromatic heterocycles. The summed E-state index contributed by atoms with van der Waals surface area (Å²) < 4.78 is 71.0. The molecule has 1 heterocycles. The topological polar surface area (TPSA) is 113 Å². The van der Waals surface area contributed by atoms with E-state index in [1.807, 2.05) is 0 Å². The fourth-order valence-corrected chi connectivity index (χ4v) is 5.75. The molecule has 0 spiro atoms. The Morgan fingerprint density at radius 3 is 2.30 bits per heavy atom. The summed E-state index contributed by atoms with van der Waals surface area (Å²) in [6.45, 7) is 1.21. The molecule has 12 heteroatoms. The zero-order valence-corrected chi connectivity index (χ0v) is 19.7. The van der Waals surface area contributed by atoms with Crippen molar-refractivity contribution in [2.75, 3.05) is 48.7 Å². The van der Waals surface area contributed by atoms with E-state index in [2.05, 4.69) is 5.32 Å². The number of rotatable bonds is 9. The van der Waals surface area contributed by atoms with Gasteiger partial charge >= 0.3 is 0 Å². The third-order valence-electron chi connectivity index (χ3n) is 5.03. The molecule has 1 saturated heterocycles. The van der Waals surface area contributed by atoms with Gasteiger partial charge < -0.3 is 10.1 Å². The molecule has 1 aliphatic rings. The smallest absolute Gasteiger partial charge is 0.243 e. The normalized spacial score (nSPS) is 15.2. The Labute approximate surface area is 193 Å². The lowest BCUT2D eigenvalue weighted by atomic mass is 10.2. The number of benzene rings is 2. The molecule has 9 nitrogen and oxygen atoms in total. The average molecular weight is 500 g/mol. The molecule has 0 aliphatic carbocycles. The SMILES string of the molecule is CS(=O)(=O)N(CCCC(=O)Nc1ccc(S(=O)(=O)N2CCOCC2)cc1)c1ccccc1F. The minimum absolute atomic E-state index is 0.00565. The van der Waals surface area contributed by atoms with Gasteiger partial charge in [-0.15, -0.1) is 0 Å². The second-order valence-corrected chi connectivity index (χ2v) is 11.3. The summed E-state index contributed by atoms with van der Waals surface area (Å²) in [6, 6.07) is 11.4. The zero-order chi connectivity index (χ0) is 24.1. The van der Waals surface area contributed by atoms with Crippen molar-refractivity contribution < 1.29 is 30.8 Å². The first-order chi connectivity index (χ1) is 15.6. The molecule has 2 aromatic carbocycles. The van der Waals surface area contributed by atoms with Crippen molar-refractivity contribution >= 4 is 37.3 Å². The molecule has 1 aliphatic heterocycles. The van der Waals surface area contributed by atoms with Gasteiger partial charge in [0, 0.05) is 31.7 Å². The van der Waals surface area contributed by atoms with Crippen molar-refractivity contribution in [1.82, 2.24) is 4.31 Å². The Kier molecular flexibility index (Phi) is 8.05. The lowest BCUT2D eigenvalue weighted by Crippen LogP contribution is -2.40. The first-order valence-electron chi connectivity index (χ1n) is 10.3. The van der Waals surface area contributed by atoms with Crippen LogP contribution in [0.5, 0.6) is 0 Å². The van der Waals surface area contributed by atoms with Gasteiger partial charge in [0.15, 0.2) is 0 Å². The zero-order valence-electron chi connectivity index (χ0n) is 18.1.